The van der Waals surface area contributed by atoms with E-state index in [1.807, 2.05) is 27.7 Å². The lowest BCUT2D eigenvalue weighted by molar-refractivity contribution is 0.0484. The Kier molecular flexibility index (Phi) is 8.65. The second kappa shape index (κ2) is 10.8. The fourth-order valence-electron chi connectivity index (χ4n) is 3.69. The third kappa shape index (κ3) is 5.23. The standard InChI is InChI=1S/C23H33N3O5S/c1-7-26(8-2)17(4)21-20(14-13-19(23(24)27)22(21)31-15-30-6)25(5)32(28,29)18-11-9-16(3)10-12-18/h9-14,17H,7-8,15H2,1-6H3,(H2,24,27). The monoisotopic (exact) mass is 463 g/mol. The molecule has 0 aliphatic heterocycles. The number of ether oxygens (including phenoxy) is 2. The quantitative estimate of drug-likeness (QED) is 0.513. The lowest BCUT2D eigenvalue weighted by Gasteiger charge is -2.33. The third-order valence-electron chi connectivity index (χ3n) is 5.56. The number of hydrogen-bond donors (Lipinski definition) is 1. The molecule has 2 rings (SSSR count). The van der Waals surface area contributed by atoms with E-state index in [-0.39, 0.29) is 29.0 Å². The number of amides is 1. The molecule has 1 atom stereocenters. The van der Waals surface area contributed by atoms with Gasteiger partial charge in [0, 0.05) is 25.8 Å². The van der Waals surface area contributed by atoms with Gasteiger partial charge in [0.25, 0.3) is 15.9 Å². The number of carbonyl (C=O) groups excluding carboxylic acids is 1. The lowest BCUT2D eigenvalue weighted by atomic mass is 9.98. The van der Waals surface area contributed by atoms with Crippen LogP contribution in [0.25, 0.3) is 0 Å². The van der Waals surface area contributed by atoms with Gasteiger partial charge in [0.05, 0.1) is 16.1 Å². The normalized spacial score (nSPS) is 12.6. The van der Waals surface area contributed by atoms with Crippen LogP contribution < -0.4 is 14.8 Å². The second-order valence-electron chi connectivity index (χ2n) is 7.47. The van der Waals surface area contributed by atoms with Crippen molar-refractivity contribution in [2.75, 3.05) is 38.3 Å². The van der Waals surface area contributed by atoms with Crippen LogP contribution in [-0.2, 0) is 14.8 Å². The van der Waals surface area contributed by atoms with Crippen molar-refractivity contribution in [1.82, 2.24) is 4.90 Å². The highest BCUT2D eigenvalue weighted by molar-refractivity contribution is 7.92. The molecule has 1 unspecified atom stereocenters. The average molecular weight is 464 g/mol. The number of anilines is 1. The zero-order chi connectivity index (χ0) is 24.1. The summed E-state index contributed by atoms with van der Waals surface area (Å²) in [6.45, 7) is 9.19. The highest BCUT2D eigenvalue weighted by Gasteiger charge is 2.31. The number of carbonyl (C=O) groups is 1. The number of aryl methyl sites for hydroxylation is 1. The molecule has 9 heteroatoms. The largest absolute Gasteiger partial charge is 0.466 e. The minimum Gasteiger partial charge on any atom is -0.466 e. The summed E-state index contributed by atoms with van der Waals surface area (Å²) in [6, 6.07) is 9.49. The van der Waals surface area contributed by atoms with Crippen LogP contribution in [-0.4, -0.2) is 53.3 Å². The number of nitrogens with two attached hydrogens (primary N) is 1. The van der Waals surface area contributed by atoms with Gasteiger partial charge in [-0.25, -0.2) is 8.42 Å². The Morgan fingerprint density at radius 3 is 2.19 bits per heavy atom. The van der Waals surface area contributed by atoms with Gasteiger partial charge in [-0.2, -0.15) is 0 Å². The first kappa shape index (κ1) is 25.6. The molecule has 8 nitrogen and oxygen atoms in total. The van der Waals surface area contributed by atoms with Gasteiger partial charge in [-0.1, -0.05) is 31.5 Å². The lowest BCUT2D eigenvalue weighted by Crippen LogP contribution is -2.32. The van der Waals surface area contributed by atoms with Crippen molar-refractivity contribution < 1.29 is 22.7 Å². The molecule has 0 bridgehead atoms. The number of rotatable bonds is 11. The van der Waals surface area contributed by atoms with E-state index in [9.17, 15) is 13.2 Å². The molecular formula is C23H33N3O5S. The van der Waals surface area contributed by atoms with E-state index < -0.39 is 15.9 Å². The van der Waals surface area contributed by atoms with E-state index >= 15 is 0 Å². The Balaban J connectivity index is 2.77. The predicted molar refractivity (Wildman–Crippen MR) is 126 cm³/mol. The molecule has 0 saturated carbocycles. The molecule has 32 heavy (non-hydrogen) atoms. The fraction of sp³-hybridized carbons (Fsp3) is 0.435. The molecule has 0 aromatic heterocycles. The Labute approximate surface area is 191 Å². The summed E-state index contributed by atoms with van der Waals surface area (Å²) in [4.78, 5) is 14.5. The zero-order valence-corrected chi connectivity index (χ0v) is 20.4. The first-order chi connectivity index (χ1) is 15.1. The topological polar surface area (TPSA) is 102 Å². The van der Waals surface area contributed by atoms with E-state index in [0.29, 0.717) is 11.3 Å². The van der Waals surface area contributed by atoms with Gasteiger partial charge in [0.1, 0.15) is 5.75 Å². The molecule has 2 N–H and O–H groups in total. The van der Waals surface area contributed by atoms with Gasteiger partial charge in [-0.3, -0.25) is 14.0 Å². The number of benzene rings is 2. The zero-order valence-electron chi connectivity index (χ0n) is 19.6. The van der Waals surface area contributed by atoms with E-state index in [0.717, 1.165) is 18.7 Å². The number of methoxy groups -OCH3 is 1. The molecule has 0 aliphatic carbocycles. The van der Waals surface area contributed by atoms with Gasteiger partial charge >= 0.3 is 0 Å². The maximum absolute atomic E-state index is 13.4. The summed E-state index contributed by atoms with van der Waals surface area (Å²) in [5.41, 5.74) is 7.70. The van der Waals surface area contributed by atoms with Crippen molar-refractivity contribution in [3.63, 3.8) is 0 Å². The van der Waals surface area contributed by atoms with Crippen LogP contribution in [0.1, 0.15) is 48.3 Å². The van der Waals surface area contributed by atoms with Crippen LogP contribution in [0.5, 0.6) is 5.75 Å². The van der Waals surface area contributed by atoms with Crippen molar-refractivity contribution in [3.8, 4) is 5.75 Å². The predicted octanol–water partition coefficient (Wildman–Crippen LogP) is 3.30. The molecule has 1 amide bonds. The van der Waals surface area contributed by atoms with Gasteiger partial charge in [-0.05, 0) is 51.2 Å². The fourth-order valence-corrected chi connectivity index (χ4v) is 4.90. The molecule has 0 radical (unpaired) electrons. The van der Waals surface area contributed by atoms with Gasteiger partial charge in [0.2, 0.25) is 0 Å². The van der Waals surface area contributed by atoms with E-state index in [1.165, 1.54) is 24.5 Å². The summed E-state index contributed by atoms with van der Waals surface area (Å²) < 4.78 is 38.9. The van der Waals surface area contributed by atoms with Crippen LogP contribution in [0, 0.1) is 6.92 Å². The molecule has 0 saturated heterocycles. The van der Waals surface area contributed by atoms with Crippen molar-refractivity contribution in [2.45, 2.75) is 38.6 Å². The van der Waals surface area contributed by atoms with E-state index in [4.69, 9.17) is 15.2 Å². The van der Waals surface area contributed by atoms with Crippen molar-refractivity contribution in [2.24, 2.45) is 5.73 Å². The molecule has 2 aromatic carbocycles. The minimum absolute atomic E-state index is 0.115. The van der Waals surface area contributed by atoms with Crippen LogP contribution in [0.2, 0.25) is 0 Å². The highest BCUT2D eigenvalue weighted by atomic mass is 32.2. The number of hydrogen-bond acceptors (Lipinski definition) is 6. The second-order valence-corrected chi connectivity index (χ2v) is 9.44. The number of sulfonamides is 1. The molecular weight excluding hydrogens is 430 g/mol. The maximum Gasteiger partial charge on any atom is 0.264 e. The van der Waals surface area contributed by atoms with E-state index in [1.54, 1.807) is 30.3 Å². The first-order valence-corrected chi connectivity index (χ1v) is 11.9. The summed E-state index contributed by atoms with van der Waals surface area (Å²) in [5, 5.41) is 0. The van der Waals surface area contributed by atoms with Gasteiger partial charge < -0.3 is 15.2 Å². The summed E-state index contributed by atoms with van der Waals surface area (Å²) in [6.07, 6.45) is 0. The van der Waals surface area contributed by atoms with Crippen molar-refractivity contribution >= 4 is 21.6 Å². The van der Waals surface area contributed by atoms with Gasteiger partial charge in [-0.15, -0.1) is 0 Å². The van der Waals surface area contributed by atoms with Crippen molar-refractivity contribution in [1.29, 1.82) is 0 Å². The van der Waals surface area contributed by atoms with Crippen LogP contribution >= 0.6 is 0 Å². The summed E-state index contributed by atoms with van der Waals surface area (Å²) in [5.74, 6) is -0.443. The molecule has 0 fully saturated rings. The molecule has 176 valence electrons. The van der Waals surface area contributed by atoms with Crippen LogP contribution in [0.4, 0.5) is 5.69 Å². The Morgan fingerprint density at radius 1 is 1.09 bits per heavy atom. The third-order valence-corrected chi connectivity index (χ3v) is 7.34. The molecule has 0 spiro atoms. The summed E-state index contributed by atoms with van der Waals surface area (Å²) in [7, 11) is -0.902. The minimum atomic E-state index is -3.86. The molecule has 0 heterocycles. The molecule has 2 aromatic rings. The Hall–Kier alpha value is -2.62. The highest BCUT2D eigenvalue weighted by Crippen LogP contribution is 2.41. The Bertz CT molecular complexity index is 1030. The summed E-state index contributed by atoms with van der Waals surface area (Å²) >= 11 is 0. The van der Waals surface area contributed by atoms with Crippen molar-refractivity contribution in [3.05, 3.63) is 53.1 Å². The number of nitrogens with zero attached hydrogens (tertiary/aromatic N) is 2. The van der Waals surface area contributed by atoms with Gasteiger partial charge in [0.15, 0.2) is 6.79 Å². The molecule has 0 aliphatic rings. The smallest absolute Gasteiger partial charge is 0.264 e. The Morgan fingerprint density at radius 2 is 1.69 bits per heavy atom. The maximum atomic E-state index is 13.4. The first-order valence-electron chi connectivity index (χ1n) is 10.5. The average Bonchev–Trinajstić information content (AvgIpc) is 2.77. The SMILES string of the molecule is CCN(CC)C(C)c1c(N(C)S(=O)(=O)c2ccc(C)cc2)ccc(C(N)=O)c1OCOC. The van der Waals surface area contributed by atoms with E-state index in [2.05, 4.69) is 4.90 Å². The van der Waals surface area contributed by atoms with Crippen LogP contribution in [0.3, 0.4) is 0 Å². The number of primary amides is 1. The van der Waals surface area contributed by atoms with Crippen LogP contribution in [0.15, 0.2) is 41.3 Å².